The average Bonchev–Trinajstić information content (AvgIpc) is 2.30. The van der Waals surface area contributed by atoms with Crippen molar-refractivity contribution < 1.29 is 4.39 Å². The second-order valence-corrected chi connectivity index (χ2v) is 3.59. The summed E-state index contributed by atoms with van der Waals surface area (Å²) < 4.78 is 13.0. The molecule has 0 bridgehead atoms. The molecule has 0 aliphatic carbocycles. The predicted octanol–water partition coefficient (Wildman–Crippen LogP) is 2.08. The summed E-state index contributed by atoms with van der Waals surface area (Å²) in [6, 6.07) is 6.49. The molecule has 0 atom stereocenters. The van der Waals surface area contributed by atoms with E-state index in [-0.39, 0.29) is 29.8 Å². The van der Waals surface area contributed by atoms with Crippen LogP contribution in [-0.4, -0.2) is 31.5 Å². The van der Waals surface area contributed by atoms with E-state index in [2.05, 4.69) is 16.2 Å². The summed E-state index contributed by atoms with van der Waals surface area (Å²) in [7, 11) is 3.55. The summed E-state index contributed by atoms with van der Waals surface area (Å²) >= 11 is 0. The molecule has 0 aliphatic heterocycles. The topological polar surface area (TPSA) is 27.6 Å². The van der Waals surface area contributed by atoms with Crippen molar-refractivity contribution in [2.75, 3.05) is 20.6 Å². The predicted molar refractivity (Wildman–Crippen MR) is 83.5 cm³/mol. The van der Waals surface area contributed by atoms with Crippen molar-refractivity contribution >= 4 is 29.9 Å². The Morgan fingerprint density at radius 1 is 1.56 bits per heavy atom. The van der Waals surface area contributed by atoms with Gasteiger partial charge in [0.05, 0.1) is 6.54 Å². The highest BCUT2D eigenvalue weighted by molar-refractivity contribution is 14.0. The van der Waals surface area contributed by atoms with Crippen molar-refractivity contribution in [3.05, 3.63) is 35.6 Å². The summed E-state index contributed by atoms with van der Waals surface area (Å²) in [5.74, 6) is 2.94. The zero-order valence-corrected chi connectivity index (χ0v) is 12.8. The van der Waals surface area contributed by atoms with Crippen LogP contribution < -0.4 is 5.32 Å². The van der Waals surface area contributed by atoms with Crippen LogP contribution in [0.4, 0.5) is 4.39 Å². The van der Waals surface area contributed by atoms with E-state index in [1.807, 2.05) is 18.0 Å². The van der Waals surface area contributed by atoms with E-state index in [0.29, 0.717) is 19.0 Å². The van der Waals surface area contributed by atoms with Gasteiger partial charge in [-0.15, -0.1) is 30.4 Å². The minimum Gasteiger partial charge on any atom is -0.345 e. The maximum Gasteiger partial charge on any atom is 0.194 e. The molecule has 0 unspecified atom stereocenters. The summed E-state index contributed by atoms with van der Waals surface area (Å²) in [6.45, 7) is 0.988. The number of benzene rings is 1. The monoisotopic (exact) mass is 361 g/mol. The SMILES string of the molecule is C#CCNC(=NC)N(C)Cc1cccc(F)c1.I. The van der Waals surface area contributed by atoms with Crippen LogP contribution in [0.5, 0.6) is 0 Å². The molecule has 0 saturated heterocycles. The Kier molecular flexibility index (Phi) is 8.12. The molecule has 1 N–H and O–H groups in total. The largest absolute Gasteiger partial charge is 0.345 e. The number of hydrogen-bond acceptors (Lipinski definition) is 1. The number of halogens is 2. The second kappa shape index (κ2) is 8.75. The van der Waals surface area contributed by atoms with Gasteiger partial charge in [0, 0.05) is 20.6 Å². The van der Waals surface area contributed by atoms with Crippen LogP contribution in [0.25, 0.3) is 0 Å². The Labute approximate surface area is 124 Å². The maximum absolute atomic E-state index is 13.0. The molecule has 0 spiro atoms. The highest BCUT2D eigenvalue weighted by atomic mass is 127. The normalized spacial score (nSPS) is 10.2. The van der Waals surface area contributed by atoms with Gasteiger partial charge in [0.1, 0.15) is 5.82 Å². The van der Waals surface area contributed by atoms with Gasteiger partial charge in [0.15, 0.2) is 5.96 Å². The third-order valence-electron chi connectivity index (χ3n) is 2.23. The lowest BCUT2D eigenvalue weighted by Crippen LogP contribution is -2.38. The number of nitrogens with one attached hydrogen (secondary N) is 1. The van der Waals surface area contributed by atoms with Gasteiger partial charge in [-0.3, -0.25) is 4.99 Å². The average molecular weight is 361 g/mol. The Balaban J connectivity index is 0.00000289. The molecule has 0 aliphatic rings. The van der Waals surface area contributed by atoms with Crippen molar-refractivity contribution in [3.8, 4) is 12.3 Å². The maximum atomic E-state index is 13.0. The van der Waals surface area contributed by atoms with E-state index in [1.54, 1.807) is 13.1 Å². The first-order valence-electron chi connectivity index (χ1n) is 5.27. The van der Waals surface area contributed by atoms with Crippen LogP contribution in [0.2, 0.25) is 0 Å². The van der Waals surface area contributed by atoms with Gasteiger partial charge < -0.3 is 10.2 Å². The van der Waals surface area contributed by atoms with Crippen molar-refractivity contribution in [2.45, 2.75) is 6.54 Å². The Morgan fingerprint density at radius 2 is 2.28 bits per heavy atom. The van der Waals surface area contributed by atoms with Crippen LogP contribution in [0.15, 0.2) is 29.3 Å². The Hall–Kier alpha value is -1.29. The molecule has 3 nitrogen and oxygen atoms in total. The summed E-state index contributed by atoms with van der Waals surface area (Å²) in [5, 5.41) is 3.00. The van der Waals surface area contributed by atoms with Gasteiger partial charge in [-0.25, -0.2) is 4.39 Å². The molecule has 0 saturated carbocycles. The minimum atomic E-state index is -0.234. The van der Waals surface area contributed by atoms with Gasteiger partial charge >= 0.3 is 0 Å². The number of hydrogen-bond donors (Lipinski definition) is 1. The first-order valence-corrected chi connectivity index (χ1v) is 5.27. The summed E-state index contributed by atoms with van der Waals surface area (Å²) in [5.41, 5.74) is 0.885. The van der Waals surface area contributed by atoms with Gasteiger partial charge in [0.2, 0.25) is 0 Å². The van der Waals surface area contributed by atoms with Crippen LogP contribution >= 0.6 is 24.0 Å². The minimum absolute atomic E-state index is 0. The van der Waals surface area contributed by atoms with Gasteiger partial charge in [-0.2, -0.15) is 0 Å². The fraction of sp³-hybridized carbons (Fsp3) is 0.308. The van der Waals surface area contributed by atoms with E-state index in [1.165, 1.54) is 12.1 Å². The number of aliphatic imine (C=N–C) groups is 1. The smallest absolute Gasteiger partial charge is 0.194 e. The molecule has 18 heavy (non-hydrogen) atoms. The van der Waals surface area contributed by atoms with Crippen molar-refractivity contribution in [3.63, 3.8) is 0 Å². The third-order valence-corrected chi connectivity index (χ3v) is 2.23. The molecule has 0 fully saturated rings. The highest BCUT2D eigenvalue weighted by Gasteiger charge is 2.05. The number of terminal acetylenes is 1. The molecule has 0 radical (unpaired) electrons. The Morgan fingerprint density at radius 3 is 2.83 bits per heavy atom. The molecule has 0 heterocycles. The quantitative estimate of drug-likeness (QED) is 0.387. The zero-order valence-electron chi connectivity index (χ0n) is 10.5. The van der Waals surface area contributed by atoms with Gasteiger partial charge in [-0.1, -0.05) is 18.1 Å². The number of guanidine groups is 1. The van der Waals surface area contributed by atoms with Gasteiger partial charge in [0.25, 0.3) is 0 Å². The lowest BCUT2D eigenvalue weighted by Gasteiger charge is -2.21. The van der Waals surface area contributed by atoms with Crippen molar-refractivity contribution in [2.24, 2.45) is 4.99 Å². The van der Waals surface area contributed by atoms with E-state index < -0.39 is 0 Å². The number of nitrogens with zero attached hydrogens (tertiary/aromatic N) is 2. The van der Waals surface area contributed by atoms with Crippen LogP contribution in [0.1, 0.15) is 5.56 Å². The molecule has 98 valence electrons. The molecule has 0 aromatic heterocycles. The van der Waals surface area contributed by atoms with E-state index in [9.17, 15) is 4.39 Å². The first kappa shape index (κ1) is 16.7. The molecule has 1 rings (SSSR count). The number of rotatable bonds is 3. The van der Waals surface area contributed by atoms with Gasteiger partial charge in [-0.05, 0) is 17.7 Å². The molecule has 1 aromatic rings. The zero-order chi connectivity index (χ0) is 12.7. The lowest BCUT2D eigenvalue weighted by atomic mass is 10.2. The molecular weight excluding hydrogens is 344 g/mol. The molecule has 5 heteroatoms. The first-order chi connectivity index (χ1) is 8.17. The molecule has 1 aromatic carbocycles. The summed E-state index contributed by atoms with van der Waals surface area (Å²) in [4.78, 5) is 5.97. The lowest BCUT2D eigenvalue weighted by molar-refractivity contribution is 0.479. The molecule has 0 amide bonds. The third kappa shape index (κ3) is 5.36. The fourth-order valence-electron chi connectivity index (χ4n) is 1.50. The standard InChI is InChI=1S/C13H16FN3.HI/c1-4-8-16-13(15-2)17(3)10-11-6-5-7-12(14)9-11;/h1,5-7,9H,8,10H2,2-3H3,(H,15,16);1H. The Bertz CT molecular complexity index is 440. The van der Waals surface area contributed by atoms with E-state index in [0.717, 1.165) is 5.56 Å². The highest BCUT2D eigenvalue weighted by Crippen LogP contribution is 2.06. The van der Waals surface area contributed by atoms with Crippen LogP contribution in [0.3, 0.4) is 0 Å². The van der Waals surface area contributed by atoms with E-state index >= 15 is 0 Å². The van der Waals surface area contributed by atoms with Crippen LogP contribution in [-0.2, 0) is 6.54 Å². The second-order valence-electron chi connectivity index (χ2n) is 3.59. The fourth-order valence-corrected chi connectivity index (χ4v) is 1.50. The van der Waals surface area contributed by atoms with Crippen LogP contribution in [0, 0.1) is 18.2 Å². The summed E-state index contributed by atoms with van der Waals surface area (Å²) in [6.07, 6.45) is 5.17. The van der Waals surface area contributed by atoms with Crippen molar-refractivity contribution in [1.82, 2.24) is 10.2 Å². The van der Waals surface area contributed by atoms with E-state index in [4.69, 9.17) is 6.42 Å². The van der Waals surface area contributed by atoms with Crippen molar-refractivity contribution in [1.29, 1.82) is 0 Å². The molecular formula is C13H17FIN3.